The first-order chi connectivity index (χ1) is 9.24. The van der Waals surface area contributed by atoms with Crippen molar-refractivity contribution in [2.75, 3.05) is 23.7 Å². The Hall–Kier alpha value is -0.670. The zero-order valence-corrected chi connectivity index (χ0v) is 13.0. The first kappa shape index (κ1) is 14.7. The number of unbranched alkanes of at least 4 members (excludes halogenated alkanes) is 1. The number of nitrogens with two attached hydrogens (primary N) is 1. The van der Waals surface area contributed by atoms with Crippen LogP contribution in [-0.4, -0.2) is 29.6 Å². The molecule has 2 atom stereocenters. The van der Waals surface area contributed by atoms with Gasteiger partial charge in [0.25, 0.3) is 0 Å². The molecule has 1 saturated heterocycles. The third kappa shape index (κ3) is 2.92. The third-order valence-electron chi connectivity index (χ3n) is 4.35. The van der Waals surface area contributed by atoms with Gasteiger partial charge in [-0.3, -0.25) is 0 Å². The van der Waals surface area contributed by atoms with Gasteiger partial charge in [-0.25, -0.2) is 0 Å². The van der Waals surface area contributed by atoms with Crippen LogP contribution in [0.2, 0.25) is 0 Å². The lowest BCUT2D eigenvalue weighted by Gasteiger charge is -2.45. The molecule has 2 rings (SSSR count). The molecule has 1 fully saturated rings. The molecule has 3 heteroatoms. The van der Waals surface area contributed by atoms with E-state index in [-0.39, 0.29) is 5.54 Å². The molecule has 0 amide bonds. The van der Waals surface area contributed by atoms with Crippen LogP contribution in [0, 0.1) is 0 Å². The molecule has 0 spiro atoms. The molecule has 106 valence electrons. The maximum absolute atomic E-state index is 6.21. The smallest absolute Gasteiger partial charge is 0.0647 e. The van der Waals surface area contributed by atoms with Crippen LogP contribution >= 0.6 is 11.8 Å². The summed E-state index contributed by atoms with van der Waals surface area (Å²) in [5, 5.41) is 0.606. The fraction of sp³-hybridized carbons (Fsp3) is 0.625. The average Bonchev–Trinajstić information content (AvgIpc) is 2.83. The lowest BCUT2D eigenvalue weighted by Crippen LogP contribution is -2.58. The molecule has 19 heavy (non-hydrogen) atoms. The molecule has 2 nitrogen and oxygen atoms in total. The van der Waals surface area contributed by atoms with E-state index in [4.69, 9.17) is 5.73 Å². The fourth-order valence-corrected chi connectivity index (χ4v) is 4.51. The van der Waals surface area contributed by atoms with E-state index in [9.17, 15) is 0 Å². The van der Waals surface area contributed by atoms with Crippen molar-refractivity contribution in [3.05, 3.63) is 30.3 Å². The summed E-state index contributed by atoms with van der Waals surface area (Å²) >= 11 is 2.06. The van der Waals surface area contributed by atoms with Crippen LogP contribution < -0.4 is 10.6 Å². The summed E-state index contributed by atoms with van der Waals surface area (Å²) in [6, 6.07) is 10.8. The van der Waals surface area contributed by atoms with Crippen LogP contribution in [0.3, 0.4) is 0 Å². The summed E-state index contributed by atoms with van der Waals surface area (Å²) in [7, 11) is 0. The Morgan fingerprint density at radius 1 is 1.37 bits per heavy atom. The highest BCUT2D eigenvalue weighted by Gasteiger charge is 2.44. The zero-order valence-electron chi connectivity index (χ0n) is 12.1. The van der Waals surface area contributed by atoms with E-state index in [1.165, 1.54) is 30.7 Å². The monoisotopic (exact) mass is 278 g/mol. The minimum Gasteiger partial charge on any atom is -0.363 e. The Kier molecular flexibility index (Phi) is 5.17. The highest BCUT2D eigenvalue weighted by Crippen LogP contribution is 2.41. The molecule has 0 radical (unpaired) electrons. The van der Waals surface area contributed by atoms with Crippen LogP contribution in [-0.2, 0) is 0 Å². The van der Waals surface area contributed by atoms with Gasteiger partial charge in [-0.15, -0.1) is 0 Å². The topological polar surface area (TPSA) is 29.3 Å². The van der Waals surface area contributed by atoms with E-state index < -0.39 is 0 Å². The van der Waals surface area contributed by atoms with Crippen molar-refractivity contribution in [2.24, 2.45) is 5.73 Å². The fourth-order valence-electron chi connectivity index (χ4n) is 3.04. The van der Waals surface area contributed by atoms with Crippen molar-refractivity contribution in [2.45, 2.75) is 43.9 Å². The Morgan fingerprint density at radius 2 is 2.11 bits per heavy atom. The number of hydrogen-bond acceptors (Lipinski definition) is 3. The summed E-state index contributed by atoms with van der Waals surface area (Å²) in [6.07, 6.45) is 3.66. The predicted molar refractivity (Wildman–Crippen MR) is 87.0 cm³/mol. The first-order valence-corrected chi connectivity index (χ1v) is 8.44. The van der Waals surface area contributed by atoms with Gasteiger partial charge in [-0.1, -0.05) is 38.5 Å². The second-order valence-electron chi connectivity index (χ2n) is 5.41. The molecule has 1 aromatic carbocycles. The SMILES string of the molecule is CCCCN(c1ccccc1)C1(CN)CCSC1C. The number of anilines is 1. The van der Waals surface area contributed by atoms with Gasteiger partial charge in [0, 0.05) is 24.0 Å². The summed E-state index contributed by atoms with van der Waals surface area (Å²) in [4.78, 5) is 2.58. The molecule has 0 saturated carbocycles. The van der Waals surface area contributed by atoms with E-state index in [2.05, 4.69) is 60.8 Å². The first-order valence-electron chi connectivity index (χ1n) is 7.39. The van der Waals surface area contributed by atoms with E-state index >= 15 is 0 Å². The van der Waals surface area contributed by atoms with E-state index in [1.807, 2.05) is 0 Å². The molecular formula is C16H26N2S. The van der Waals surface area contributed by atoms with Crippen molar-refractivity contribution in [1.29, 1.82) is 0 Å². The van der Waals surface area contributed by atoms with Crippen LogP contribution in [0.5, 0.6) is 0 Å². The minimum absolute atomic E-state index is 0.140. The Labute approximate surface area is 121 Å². The maximum atomic E-state index is 6.21. The van der Waals surface area contributed by atoms with Gasteiger partial charge >= 0.3 is 0 Å². The molecule has 0 aliphatic carbocycles. The van der Waals surface area contributed by atoms with Crippen LogP contribution in [0.4, 0.5) is 5.69 Å². The quantitative estimate of drug-likeness (QED) is 0.863. The lowest BCUT2D eigenvalue weighted by atomic mass is 9.89. The average molecular weight is 278 g/mol. The van der Waals surface area contributed by atoms with Crippen molar-refractivity contribution < 1.29 is 0 Å². The van der Waals surface area contributed by atoms with Gasteiger partial charge in [-0.2, -0.15) is 11.8 Å². The number of rotatable bonds is 6. The van der Waals surface area contributed by atoms with Gasteiger partial charge in [-0.05, 0) is 30.7 Å². The van der Waals surface area contributed by atoms with Crippen LogP contribution in [0.1, 0.15) is 33.1 Å². The number of hydrogen-bond donors (Lipinski definition) is 1. The highest BCUT2D eigenvalue weighted by molar-refractivity contribution is 8.00. The van der Waals surface area contributed by atoms with Gasteiger partial charge < -0.3 is 10.6 Å². The standard InChI is InChI=1S/C16H26N2S/c1-3-4-11-18(15-8-6-5-7-9-15)16(13-17)10-12-19-14(16)2/h5-9,14H,3-4,10-13,17H2,1-2H3. The molecule has 2 N–H and O–H groups in total. The van der Waals surface area contributed by atoms with E-state index in [1.54, 1.807) is 0 Å². The van der Waals surface area contributed by atoms with Crippen LogP contribution in [0.25, 0.3) is 0 Å². The molecular weight excluding hydrogens is 252 g/mol. The van der Waals surface area contributed by atoms with Gasteiger partial charge in [0.2, 0.25) is 0 Å². The zero-order chi connectivity index (χ0) is 13.7. The Bertz CT molecular complexity index is 382. The number of nitrogens with zero attached hydrogens (tertiary/aromatic N) is 1. The van der Waals surface area contributed by atoms with Crippen molar-refractivity contribution in [3.8, 4) is 0 Å². The largest absolute Gasteiger partial charge is 0.363 e. The highest BCUT2D eigenvalue weighted by atomic mass is 32.2. The van der Waals surface area contributed by atoms with Crippen molar-refractivity contribution in [1.82, 2.24) is 0 Å². The maximum Gasteiger partial charge on any atom is 0.0647 e. The minimum atomic E-state index is 0.140. The summed E-state index contributed by atoms with van der Waals surface area (Å²) in [5.74, 6) is 1.23. The lowest BCUT2D eigenvalue weighted by molar-refractivity contribution is 0.391. The summed E-state index contributed by atoms with van der Waals surface area (Å²) in [5.41, 5.74) is 7.68. The van der Waals surface area contributed by atoms with Gasteiger partial charge in [0.15, 0.2) is 0 Å². The normalized spacial score (nSPS) is 26.6. The van der Waals surface area contributed by atoms with Gasteiger partial charge in [0.1, 0.15) is 0 Å². The molecule has 0 aromatic heterocycles. The second kappa shape index (κ2) is 6.67. The number of thioether (sulfide) groups is 1. The molecule has 2 unspecified atom stereocenters. The third-order valence-corrected chi connectivity index (χ3v) is 5.73. The Morgan fingerprint density at radius 3 is 2.63 bits per heavy atom. The molecule has 0 bridgehead atoms. The molecule has 1 aromatic rings. The Balaban J connectivity index is 2.31. The number of para-hydroxylation sites is 1. The van der Waals surface area contributed by atoms with Crippen molar-refractivity contribution >= 4 is 17.4 Å². The van der Waals surface area contributed by atoms with E-state index in [0.29, 0.717) is 5.25 Å². The van der Waals surface area contributed by atoms with E-state index in [0.717, 1.165) is 13.1 Å². The summed E-state index contributed by atoms with van der Waals surface area (Å²) < 4.78 is 0. The number of benzene rings is 1. The molecule has 1 aliphatic heterocycles. The predicted octanol–water partition coefficient (Wildman–Crippen LogP) is 3.52. The summed E-state index contributed by atoms with van der Waals surface area (Å²) in [6.45, 7) is 6.46. The van der Waals surface area contributed by atoms with Crippen LogP contribution in [0.15, 0.2) is 30.3 Å². The molecule has 1 heterocycles. The molecule has 1 aliphatic rings. The van der Waals surface area contributed by atoms with Crippen molar-refractivity contribution in [3.63, 3.8) is 0 Å². The van der Waals surface area contributed by atoms with Gasteiger partial charge in [0.05, 0.1) is 5.54 Å². The second-order valence-corrected chi connectivity index (χ2v) is 6.86.